The second kappa shape index (κ2) is 4.90. The van der Waals surface area contributed by atoms with Crippen molar-refractivity contribution >= 4 is 33.4 Å². The molecule has 2 bridgehead atoms. The smallest absolute Gasteiger partial charge is 0.214 e. The van der Waals surface area contributed by atoms with Crippen LogP contribution < -0.4 is 0 Å². The zero-order chi connectivity index (χ0) is 22.8. The molecule has 0 aromatic heterocycles. The van der Waals surface area contributed by atoms with E-state index in [2.05, 4.69) is 0 Å². The Bertz CT molecular complexity index is 1830. The molecule has 4 unspecified atom stereocenters. The lowest BCUT2D eigenvalue weighted by molar-refractivity contribution is -0.0984. The predicted molar refractivity (Wildman–Crippen MR) is 124 cm³/mol. The molecule has 0 saturated heterocycles. The highest BCUT2D eigenvalue weighted by molar-refractivity contribution is 6.17. The highest BCUT2D eigenvalue weighted by Gasteiger charge is 2.81. The third kappa shape index (κ3) is 1.35. The first-order chi connectivity index (χ1) is 16.5. The SMILES string of the molecule is FC1=C(F)C2(F)C3C=C4C=Cc5ccc6ccc7ccc1c1c7c6c5C4(c4ccccc43)C12F. The molecule has 0 aliphatic heterocycles. The van der Waals surface area contributed by atoms with Crippen molar-refractivity contribution < 1.29 is 17.6 Å². The Morgan fingerprint density at radius 1 is 0.735 bits per heavy atom. The number of benzene rings is 4. The van der Waals surface area contributed by atoms with Gasteiger partial charge < -0.3 is 0 Å². The zero-order valence-electron chi connectivity index (χ0n) is 17.6. The summed E-state index contributed by atoms with van der Waals surface area (Å²) in [6.45, 7) is 0. The van der Waals surface area contributed by atoms with E-state index in [1.54, 1.807) is 24.3 Å². The van der Waals surface area contributed by atoms with Gasteiger partial charge in [0.2, 0.25) is 5.67 Å². The maximum Gasteiger partial charge on any atom is 0.214 e. The minimum absolute atomic E-state index is 0.0537. The summed E-state index contributed by atoms with van der Waals surface area (Å²) in [6, 6.07) is 17.9. The second-order valence-electron chi connectivity index (χ2n) is 10.0. The molecule has 0 N–H and O–H groups in total. The summed E-state index contributed by atoms with van der Waals surface area (Å²) >= 11 is 0. The molecule has 4 aromatic rings. The maximum atomic E-state index is 18.5. The predicted octanol–water partition coefficient (Wildman–Crippen LogP) is 7.85. The van der Waals surface area contributed by atoms with Crippen molar-refractivity contribution in [1.82, 2.24) is 0 Å². The van der Waals surface area contributed by atoms with E-state index in [1.807, 2.05) is 48.6 Å². The quantitative estimate of drug-likeness (QED) is 0.189. The first-order valence-electron chi connectivity index (χ1n) is 11.4. The van der Waals surface area contributed by atoms with Gasteiger partial charge in [-0.2, -0.15) is 0 Å². The Morgan fingerprint density at radius 2 is 1.44 bits per heavy atom. The van der Waals surface area contributed by atoms with Gasteiger partial charge in [-0.1, -0.05) is 78.9 Å². The molecular formula is C30H14F4. The topological polar surface area (TPSA) is 0 Å². The number of alkyl halides is 2. The summed E-state index contributed by atoms with van der Waals surface area (Å²) in [7, 11) is 0. The molecule has 0 fully saturated rings. The molecule has 0 saturated carbocycles. The summed E-state index contributed by atoms with van der Waals surface area (Å²) in [6.07, 6.45) is 5.39. The molecule has 4 atom stereocenters. The van der Waals surface area contributed by atoms with E-state index >= 15 is 17.6 Å². The lowest BCUT2D eigenvalue weighted by atomic mass is 9.38. The number of rotatable bonds is 0. The van der Waals surface area contributed by atoms with E-state index in [1.165, 1.54) is 6.07 Å². The van der Waals surface area contributed by atoms with E-state index in [0.717, 1.165) is 16.3 Å². The minimum Gasteiger partial charge on any atom is -0.233 e. The molecule has 1 spiro atoms. The van der Waals surface area contributed by atoms with Crippen molar-refractivity contribution in [3.63, 3.8) is 0 Å². The van der Waals surface area contributed by atoms with Crippen LogP contribution in [0.15, 0.2) is 84.2 Å². The number of hydrogen-bond donors (Lipinski definition) is 0. The molecule has 6 aliphatic rings. The Kier molecular flexibility index (Phi) is 2.56. The Labute approximate surface area is 191 Å². The monoisotopic (exact) mass is 450 g/mol. The van der Waals surface area contributed by atoms with Gasteiger partial charge in [0.05, 0.1) is 5.41 Å². The van der Waals surface area contributed by atoms with Gasteiger partial charge in [0.15, 0.2) is 17.3 Å². The van der Waals surface area contributed by atoms with Crippen molar-refractivity contribution in [2.75, 3.05) is 0 Å². The summed E-state index contributed by atoms with van der Waals surface area (Å²) < 4.78 is 67.5. The van der Waals surface area contributed by atoms with Crippen molar-refractivity contribution in [3.8, 4) is 0 Å². The van der Waals surface area contributed by atoms with Gasteiger partial charge in [-0.05, 0) is 49.4 Å². The fourth-order valence-corrected chi connectivity index (χ4v) is 7.94. The average Bonchev–Trinajstić information content (AvgIpc) is 2.87. The normalized spacial score (nSPS) is 32.7. The molecule has 4 heteroatoms. The van der Waals surface area contributed by atoms with Crippen LogP contribution in [0, 0.1) is 0 Å². The lowest BCUT2D eigenvalue weighted by Gasteiger charge is -2.65. The first kappa shape index (κ1) is 17.8. The Balaban J connectivity index is 1.72. The lowest BCUT2D eigenvalue weighted by Crippen LogP contribution is -2.70. The Hall–Kier alpha value is -3.66. The number of allylic oxidation sites excluding steroid dienone is 4. The molecule has 162 valence electrons. The largest absolute Gasteiger partial charge is 0.233 e. The van der Waals surface area contributed by atoms with E-state index in [4.69, 9.17) is 0 Å². The van der Waals surface area contributed by atoms with Gasteiger partial charge in [-0.15, -0.1) is 0 Å². The van der Waals surface area contributed by atoms with Crippen LogP contribution in [0.25, 0.3) is 33.4 Å². The summed E-state index contributed by atoms with van der Waals surface area (Å²) in [5.41, 5.74) is -4.71. The fourth-order valence-electron chi connectivity index (χ4n) is 7.94. The highest BCUT2D eigenvalue weighted by atomic mass is 19.2. The highest BCUT2D eigenvalue weighted by Crippen LogP contribution is 2.78. The van der Waals surface area contributed by atoms with Crippen molar-refractivity contribution in [2.45, 2.75) is 22.7 Å². The molecule has 0 nitrogen and oxygen atoms in total. The maximum absolute atomic E-state index is 18.5. The molecule has 34 heavy (non-hydrogen) atoms. The average molecular weight is 450 g/mol. The van der Waals surface area contributed by atoms with E-state index in [-0.39, 0.29) is 11.1 Å². The van der Waals surface area contributed by atoms with Gasteiger partial charge in [0, 0.05) is 17.0 Å². The van der Waals surface area contributed by atoms with Crippen LogP contribution in [0.5, 0.6) is 0 Å². The van der Waals surface area contributed by atoms with Gasteiger partial charge in [0.1, 0.15) is 0 Å². The summed E-state index contributed by atoms with van der Waals surface area (Å²) in [5, 5.41) is 2.85. The summed E-state index contributed by atoms with van der Waals surface area (Å²) in [4.78, 5) is 0. The fraction of sp³-hybridized carbons (Fsp3) is 0.133. The molecule has 6 aliphatic carbocycles. The van der Waals surface area contributed by atoms with Crippen LogP contribution in [0.4, 0.5) is 17.6 Å². The van der Waals surface area contributed by atoms with Gasteiger partial charge >= 0.3 is 0 Å². The first-order valence-corrected chi connectivity index (χ1v) is 11.4. The standard InChI is InChI=1S/C30H14F4/c31-26-19-12-10-15-6-5-14-7-8-16-9-11-17-13-21-18-3-1-2-4-20(18)28(17)24(16)22(14)23(15)25(19)30(28,34)29(21,33)27(26)32/h1-13,21H. The molecule has 0 radical (unpaired) electrons. The van der Waals surface area contributed by atoms with Crippen molar-refractivity contribution in [1.29, 1.82) is 0 Å². The van der Waals surface area contributed by atoms with E-state index in [0.29, 0.717) is 33.0 Å². The molecule has 0 amide bonds. The van der Waals surface area contributed by atoms with Crippen LogP contribution in [0.2, 0.25) is 0 Å². The molecule has 0 heterocycles. The van der Waals surface area contributed by atoms with Gasteiger partial charge in [-0.3, -0.25) is 0 Å². The van der Waals surface area contributed by atoms with Crippen LogP contribution in [0.1, 0.15) is 39.3 Å². The molecule has 4 aromatic carbocycles. The number of hydrogen-bond acceptors (Lipinski definition) is 0. The van der Waals surface area contributed by atoms with Crippen LogP contribution >= 0.6 is 0 Å². The molecule has 10 rings (SSSR count). The number of halogens is 4. The van der Waals surface area contributed by atoms with Crippen LogP contribution in [-0.4, -0.2) is 5.67 Å². The van der Waals surface area contributed by atoms with Gasteiger partial charge in [0.25, 0.3) is 0 Å². The van der Waals surface area contributed by atoms with E-state index in [9.17, 15) is 0 Å². The van der Waals surface area contributed by atoms with Crippen molar-refractivity contribution in [3.05, 3.63) is 118 Å². The third-order valence-electron chi connectivity index (χ3n) is 9.04. The summed E-state index contributed by atoms with van der Waals surface area (Å²) in [5.74, 6) is -4.22. The minimum atomic E-state index is -3.20. The van der Waals surface area contributed by atoms with E-state index < -0.39 is 34.3 Å². The van der Waals surface area contributed by atoms with Crippen LogP contribution in [-0.2, 0) is 11.1 Å². The zero-order valence-corrected chi connectivity index (χ0v) is 17.6. The second-order valence-corrected chi connectivity index (χ2v) is 10.0. The van der Waals surface area contributed by atoms with Gasteiger partial charge in [-0.25, -0.2) is 17.6 Å². The van der Waals surface area contributed by atoms with Crippen LogP contribution in [0.3, 0.4) is 0 Å². The Morgan fingerprint density at radius 3 is 2.26 bits per heavy atom. The van der Waals surface area contributed by atoms with Crippen molar-refractivity contribution in [2.24, 2.45) is 0 Å². The third-order valence-corrected chi connectivity index (χ3v) is 9.04. The molecular weight excluding hydrogens is 436 g/mol.